The number of hydrogen-bond acceptors (Lipinski definition) is 18. The third-order valence-corrected chi connectivity index (χ3v) is 18.7. The summed E-state index contributed by atoms with van der Waals surface area (Å²) in [4.78, 5) is 61.0. The second kappa shape index (κ2) is 28.8. The van der Waals surface area contributed by atoms with E-state index >= 15 is 4.39 Å². The maximum Gasteiger partial charge on any atom is 0.409 e. The van der Waals surface area contributed by atoms with Crippen molar-refractivity contribution >= 4 is 100 Å². The minimum atomic E-state index is -3.73. The summed E-state index contributed by atoms with van der Waals surface area (Å²) in [7, 11) is -0.560. The molecular formula is C47H65Br2ClF2N9O14P3. The number of ether oxygens (including phenoxy) is 2. The van der Waals surface area contributed by atoms with E-state index in [0.717, 1.165) is 31.9 Å². The van der Waals surface area contributed by atoms with E-state index in [1.165, 1.54) is 37.8 Å². The molecule has 0 bridgehead atoms. The fourth-order valence-corrected chi connectivity index (χ4v) is 14.4. The van der Waals surface area contributed by atoms with Gasteiger partial charge in [0, 0.05) is 54.9 Å². The molecule has 2 fully saturated rings. The molecule has 0 amide bonds. The number of nitrogens with two attached hydrogens (primary N) is 1. The zero-order valence-corrected chi connectivity index (χ0v) is 50.5. The van der Waals surface area contributed by atoms with E-state index in [9.17, 15) is 42.9 Å². The third-order valence-electron chi connectivity index (χ3n) is 11.7. The minimum absolute atomic E-state index is 0.0404. The highest BCUT2D eigenvalue weighted by Gasteiger charge is 2.56. The minimum Gasteiger partial charge on any atom is -0.422 e. The lowest BCUT2D eigenvalue weighted by Crippen LogP contribution is -2.43. The molecular weight excluding hydrogens is 1240 g/mol. The highest BCUT2D eigenvalue weighted by atomic mass is 79.9. The SMILES string of the molecule is CC(=O)[C@@H](NP(=O)(OC[C@H]1O[C@@H](n2ccc(N)nc2=O)[C@](C)(F)[C@@H]1O)Pc1ccc(Br)cc1)C(C)C.CC(C)[C@H](NP(=O)(Cl)Oc1ccc(Br)cc1)C(=O)CO.CN(C)C=Nc1ccn([C@@H]2O[C@H](CO)[C@@H](O)[C@@]2(C)F)c(=O)n1. The highest BCUT2D eigenvalue weighted by molar-refractivity contribution is 9.10. The molecule has 2 aromatic carbocycles. The number of rotatable bonds is 21. The fraction of sp³-hybridized carbons (Fsp3) is 0.511. The molecule has 2 aliphatic heterocycles. The Morgan fingerprint density at radius 3 is 1.83 bits per heavy atom. The van der Waals surface area contributed by atoms with Crippen LogP contribution < -0.4 is 37.1 Å². The van der Waals surface area contributed by atoms with Crippen molar-refractivity contribution in [2.75, 3.05) is 39.6 Å². The summed E-state index contributed by atoms with van der Waals surface area (Å²) in [6.07, 6.45) is -4.48. The van der Waals surface area contributed by atoms with Crippen molar-refractivity contribution in [3.05, 3.63) is 103 Å². The van der Waals surface area contributed by atoms with Crippen molar-refractivity contribution in [2.45, 2.75) is 109 Å². The van der Waals surface area contributed by atoms with E-state index in [1.54, 1.807) is 81.4 Å². The van der Waals surface area contributed by atoms with Gasteiger partial charge in [-0.3, -0.25) is 23.3 Å². The predicted octanol–water partition coefficient (Wildman–Crippen LogP) is 5.70. The molecule has 432 valence electrons. The number of ketones is 2. The van der Waals surface area contributed by atoms with E-state index < -0.39 is 111 Å². The Morgan fingerprint density at radius 1 is 0.872 bits per heavy atom. The van der Waals surface area contributed by atoms with Crippen molar-refractivity contribution < 1.29 is 66.4 Å². The van der Waals surface area contributed by atoms with Crippen LogP contribution in [0, 0.1) is 11.8 Å². The molecule has 2 aromatic heterocycles. The third kappa shape index (κ3) is 18.4. The Hall–Kier alpha value is -3.75. The molecule has 0 radical (unpaired) electrons. The van der Waals surface area contributed by atoms with Gasteiger partial charge < -0.3 is 49.6 Å². The smallest absolute Gasteiger partial charge is 0.409 e. The number of aliphatic hydroxyl groups is 4. The maximum absolute atomic E-state index is 15.5. The normalized spacial score (nSPS) is 25.4. The summed E-state index contributed by atoms with van der Waals surface area (Å²) in [5, 5.41) is 44.5. The summed E-state index contributed by atoms with van der Waals surface area (Å²) in [5.74, 6) is -0.605. The molecule has 23 nitrogen and oxygen atoms in total. The molecule has 3 unspecified atom stereocenters. The number of halogens is 5. The zero-order chi connectivity index (χ0) is 58.7. The summed E-state index contributed by atoms with van der Waals surface area (Å²) in [6, 6.07) is 14.9. The van der Waals surface area contributed by atoms with E-state index in [2.05, 4.69) is 57.0 Å². The zero-order valence-electron chi connectivity index (χ0n) is 43.8. The fourth-order valence-electron chi connectivity index (χ4n) is 7.53. The summed E-state index contributed by atoms with van der Waals surface area (Å²) in [5.41, 5.74) is -0.712. The quantitative estimate of drug-likeness (QED) is 0.0299. The van der Waals surface area contributed by atoms with Crippen LogP contribution in [0.2, 0.25) is 0 Å². The molecule has 31 heteroatoms. The maximum atomic E-state index is 15.5. The average molecular weight is 1310 g/mol. The number of aromatic nitrogens is 4. The van der Waals surface area contributed by atoms with Crippen LogP contribution in [0.4, 0.5) is 20.4 Å². The predicted molar refractivity (Wildman–Crippen MR) is 299 cm³/mol. The van der Waals surface area contributed by atoms with E-state index in [0.29, 0.717) is 11.1 Å². The molecule has 8 N–H and O–H groups in total. The van der Waals surface area contributed by atoms with Crippen molar-refractivity contribution in [3.8, 4) is 5.75 Å². The number of nitrogens with one attached hydrogen (secondary N) is 2. The number of hydrogen-bond donors (Lipinski definition) is 7. The first-order valence-electron chi connectivity index (χ1n) is 23.8. The number of aliphatic hydroxyl groups excluding tert-OH is 4. The molecule has 4 aromatic rings. The Balaban J connectivity index is 0.000000269. The molecule has 2 saturated heterocycles. The number of carbonyl (C=O) groups is 2. The van der Waals surface area contributed by atoms with Crippen molar-refractivity contribution in [1.29, 1.82) is 0 Å². The lowest BCUT2D eigenvalue weighted by Gasteiger charge is -2.28. The summed E-state index contributed by atoms with van der Waals surface area (Å²) < 4.78 is 81.7. The van der Waals surface area contributed by atoms with Crippen LogP contribution in [0.15, 0.2) is 96.6 Å². The Morgan fingerprint density at radius 2 is 1.37 bits per heavy atom. The molecule has 78 heavy (non-hydrogen) atoms. The monoisotopic (exact) mass is 1300 g/mol. The molecule has 13 atom stereocenters. The van der Waals surface area contributed by atoms with Crippen LogP contribution >= 0.6 is 65.5 Å². The molecule has 6 rings (SSSR count). The van der Waals surface area contributed by atoms with Gasteiger partial charge >= 0.3 is 18.3 Å². The summed E-state index contributed by atoms with van der Waals surface area (Å²) in [6.45, 7) is 5.35. The molecule has 0 aliphatic carbocycles. The number of anilines is 1. The first kappa shape index (κ1) is 66.8. The van der Waals surface area contributed by atoms with E-state index in [-0.39, 0.29) is 37.5 Å². The lowest BCUT2D eigenvalue weighted by atomic mass is 9.98. The van der Waals surface area contributed by atoms with Crippen molar-refractivity contribution in [2.24, 2.45) is 16.8 Å². The molecule has 2 aliphatic rings. The van der Waals surface area contributed by atoms with Gasteiger partial charge in [-0.1, -0.05) is 71.7 Å². The number of alkyl halides is 2. The van der Waals surface area contributed by atoms with Gasteiger partial charge in [-0.15, -0.1) is 0 Å². The Kier molecular flexibility index (Phi) is 24.6. The number of benzene rings is 2. The van der Waals surface area contributed by atoms with E-state index in [1.807, 2.05) is 13.8 Å². The first-order chi connectivity index (χ1) is 36.2. The van der Waals surface area contributed by atoms with Crippen LogP contribution in [-0.2, 0) is 32.7 Å². The van der Waals surface area contributed by atoms with Crippen molar-refractivity contribution in [1.82, 2.24) is 34.2 Å². The van der Waals surface area contributed by atoms with Gasteiger partial charge in [0.25, 0.3) is 7.21 Å². The van der Waals surface area contributed by atoms with Crippen molar-refractivity contribution in [3.63, 3.8) is 0 Å². The topological polar surface area (TPSA) is 322 Å². The van der Waals surface area contributed by atoms with Gasteiger partial charge in [-0.2, -0.15) is 9.97 Å². The van der Waals surface area contributed by atoms with Gasteiger partial charge in [0.15, 0.2) is 35.4 Å². The van der Waals surface area contributed by atoms with Gasteiger partial charge in [-0.05, 0) is 86.4 Å². The largest absolute Gasteiger partial charge is 0.422 e. The second-order valence-corrected chi connectivity index (χ2v) is 28.5. The lowest BCUT2D eigenvalue weighted by molar-refractivity contribution is -0.124. The highest BCUT2D eigenvalue weighted by Crippen LogP contribution is 2.61. The summed E-state index contributed by atoms with van der Waals surface area (Å²) >= 11 is 12.5. The molecule has 0 spiro atoms. The van der Waals surface area contributed by atoms with Crippen LogP contribution in [0.1, 0.15) is 60.9 Å². The first-order valence-corrected chi connectivity index (χ1v) is 31.4. The Labute approximate surface area is 472 Å². The number of nitrogens with zero attached hydrogens (tertiary/aromatic N) is 6. The van der Waals surface area contributed by atoms with Crippen LogP contribution in [-0.4, -0.2) is 144 Å². The number of carbonyl (C=O) groups excluding carboxylic acids is 2. The van der Waals surface area contributed by atoms with Crippen LogP contribution in [0.25, 0.3) is 0 Å². The number of aliphatic imine (C=N–C) groups is 1. The average Bonchev–Trinajstić information content (AvgIpc) is 3.77. The molecule has 0 saturated carbocycles. The van der Waals surface area contributed by atoms with Gasteiger partial charge in [0.2, 0.25) is 0 Å². The van der Waals surface area contributed by atoms with Gasteiger partial charge in [0.05, 0.1) is 31.6 Å². The number of nitrogen functional groups attached to an aromatic ring is 1. The van der Waals surface area contributed by atoms with E-state index in [4.69, 9.17) is 45.7 Å². The Bertz CT molecular complexity index is 2910. The molecule has 4 heterocycles. The second-order valence-electron chi connectivity index (χ2n) is 19.1. The number of Topliss-reactive ketones (excluding diaryl/α,β-unsaturated/α-hetero) is 2. The van der Waals surface area contributed by atoms with Crippen LogP contribution in [0.5, 0.6) is 5.75 Å². The standard InChI is InChI=1S/C22H30BrFN4O6P2.C13H19FN4O4.C12H16BrClNO4P/c1-12(2)18(13(3)29)27-36(32,35-15-7-5-14(23)6-8-15)33-11-16-19(30)22(4,24)20(34-16)28-10-9-17(25)26-21(28)31;1-13(14)10(20)8(6-19)22-11(13)18-5-4-9(16-12(18)21)15-7-17(2)3;1-8(2)12(11(17)7-16)15-20(14,18)19-10-5-3-9(13)4-6-10/h5-10,12,16,18-20,30,35H,11H2,1-4H3,(H,27,32)(H2,25,26,31);4-5,7-8,10-11,19-20H,6H2,1-3H3;3-6,8,12,16H,7H2,1-2H3,(H,15,18)/t16-,18+,19-,20-,22-,36?;8-,10-,11-,13-;12-,20?/m110/s1. The van der Waals surface area contributed by atoms with Crippen LogP contribution in [0.3, 0.4) is 0 Å². The van der Waals surface area contributed by atoms with Gasteiger partial charge in [0.1, 0.15) is 48.4 Å². The van der Waals surface area contributed by atoms with Gasteiger partial charge in [-0.25, -0.2) is 38.1 Å².